The molecule has 104 valence electrons. The number of carbonyl (C=O) groups excluding carboxylic acids is 1. The van der Waals surface area contributed by atoms with E-state index in [1.165, 1.54) is 37.7 Å². The number of hydrogen-bond acceptors (Lipinski definition) is 2. The molecular weight excluding hydrogens is 236 g/mol. The quantitative estimate of drug-likeness (QED) is 0.726. The molecule has 3 saturated carbocycles. The lowest BCUT2D eigenvalue weighted by atomic mass is 9.55. The van der Waals surface area contributed by atoms with E-state index in [-0.39, 0.29) is 11.9 Å². The average molecular weight is 260 g/mol. The van der Waals surface area contributed by atoms with Crippen molar-refractivity contribution >= 4 is 5.78 Å². The summed E-state index contributed by atoms with van der Waals surface area (Å²) in [6.45, 7) is 0. The Balaban J connectivity index is 1.66. The van der Waals surface area contributed by atoms with E-state index in [0.717, 1.165) is 31.1 Å². The van der Waals surface area contributed by atoms with E-state index >= 15 is 0 Å². The standard InChI is InChI=1S/C17H24O2/c18-12-5-7-13-11(8-12)9-16(19)17-14-3-1-2-10(14)4-6-15(13)17/h8,10,13-17,19H,1-7,9H2/t10-,13-,14+,15+,16?,17-/m0/s1. The first-order chi connectivity index (χ1) is 9.24. The Bertz CT molecular complexity index is 425. The summed E-state index contributed by atoms with van der Waals surface area (Å²) in [6.07, 6.45) is 11.0. The summed E-state index contributed by atoms with van der Waals surface area (Å²) in [6, 6.07) is 0. The summed E-state index contributed by atoms with van der Waals surface area (Å²) < 4.78 is 0. The van der Waals surface area contributed by atoms with Gasteiger partial charge in [-0.3, -0.25) is 4.79 Å². The molecule has 0 aromatic carbocycles. The fraction of sp³-hybridized carbons (Fsp3) is 0.824. The lowest BCUT2D eigenvalue weighted by Gasteiger charge is -2.51. The van der Waals surface area contributed by atoms with Gasteiger partial charge in [0.15, 0.2) is 5.78 Å². The summed E-state index contributed by atoms with van der Waals surface area (Å²) in [5, 5.41) is 10.6. The highest BCUT2D eigenvalue weighted by Crippen LogP contribution is 2.56. The van der Waals surface area contributed by atoms with Crippen molar-refractivity contribution in [2.75, 3.05) is 0 Å². The zero-order chi connectivity index (χ0) is 13.0. The number of hydrogen-bond donors (Lipinski definition) is 1. The van der Waals surface area contributed by atoms with E-state index in [1.54, 1.807) is 0 Å². The van der Waals surface area contributed by atoms with Crippen LogP contribution < -0.4 is 0 Å². The molecule has 0 aliphatic heterocycles. The Morgan fingerprint density at radius 2 is 1.95 bits per heavy atom. The second-order valence-corrected chi connectivity index (χ2v) is 7.28. The molecule has 1 N–H and O–H groups in total. The topological polar surface area (TPSA) is 37.3 Å². The van der Waals surface area contributed by atoms with Crippen molar-refractivity contribution in [2.24, 2.45) is 29.6 Å². The molecule has 1 unspecified atom stereocenters. The van der Waals surface area contributed by atoms with Gasteiger partial charge in [-0.25, -0.2) is 0 Å². The predicted molar refractivity (Wildman–Crippen MR) is 73.5 cm³/mol. The van der Waals surface area contributed by atoms with E-state index in [0.29, 0.717) is 17.8 Å². The van der Waals surface area contributed by atoms with Gasteiger partial charge < -0.3 is 5.11 Å². The lowest BCUT2D eigenvalue weighted by molar-refractivity contribution is -0.116. The second kappa shape index (κ2) is 4.44. The van der Waals surface area contributed by atoms with Crippen LogP contribution in [0.25, 0.3) is 0 Å². The molecule has 2 heteroatoms. The highest BCUT2D eigenvalue weighted by atomic mass is 16.3. The van der Waals surface area contributed by atoms with Gasteiger partial charge in [0.05, 0.1) is 6.10 Å². The highest BCUT2D eigenvalue weighted by Gasteiger charge is 2.50. The number of fused-ring (bicyclic) bond motifs is 5. The van der Waals surface area contributed by atoms with Crippen LogP contribution in [0.5, 0.6) is 0 Å². The molecule has 0 aromatic heterocycles. The van der Waals surface area contributed by atoms with Crippen LogP contribution >= 0.6 is 0 Å². The van der Waals surface area contributed by atoms with Gasteiger partial charge in [-0.05, 0) is 67.8 Å². The molecule has 19 heavy (non-hydrogen) atoms. The Morgan fingerprint density at radius 1 is 1.05 bits per heavy atom. The number of carbonyl (C=O) groups is 1. The number of ketones is 1. The van der Waals surface area contributed by atoms with Crippen LogP contribution in [0.15, 0.2) is 11.6 Å². The molecule has 0 bridgehead atoms. The molecule has 0 spiro atoms. The Morgan fingerprint density at radius 3 is 2.84 bits per heavy atom. The maximum atomic E-state index is 11.6. The Kier molecular flexibility index (Phi) is 2.84. The fourth-order valence-corrected chi connectivity index (χ4v) is 5.83. The molecule has 2 nitrogen and oxygen atoms in total. The Hall–Kier alpha value is -0.630. The average Bonchev–Trinajstić information content (AvgIpc) is 2.86. The summed E-state index contributed by atoms with van der Waals surface area (Å²) in [5.74, 6) is 3.79. The Labute approximate surface area is 115 Å². The smallest absolute Gasteiger partial charge is 0.155 e. The van der Waals surface area contributed by atoms with Crippen molar-refractivity contribution in [1.82, 2.24) is 0 Å². The van der Waals surface area contributed by atoms with Crippen LogP contribution in [0.1, 0.15) is 51.4 Å². The molecule has 0 aromatic rings. The molecule has 3 fully saturated rings. The number of aliphatic hydroxyl groups is 1. The molecule has 4 aliphatic carbocycles. The molecule has 0 heterocycles. The maximum absolute atomic E-state index is 11.6. The minimum Gasteiger partial charge on any atom is -0.392 e. The first kappa shape index (κ1) is 12.1. The van der Waals surface area contributed by atoms with Gasteiger partial charge >= 0.3 is 0 Å². The molecule has 0 amide bonds. The molecular formula is C17H24O2. The van der Waals surface area contributed by atoms with Gasteiger partial charge in [0.1, 0.15) is 0 Å². The summed E-state index contributed by atoms with van der Waals surface area (Å²) >= 11 is 0. The van der Waals surface area contributed by atoms with Gasteiger partial charge in [0.25, 0.3) is 0 Å². The third-order valence-electron chi connectivity index (χ3n) is 6.51. The summed E-state index contributed by atoms with van der Waals surface area (Å²) in [7, 11) is 0. The fourth-order valence-electron chi connectivity index (χ4n) is 5.83. The first-order valence-electron chi connectivity index (χ1n) is 8.15. The number of aliphatic hydroxyl groups excluding tert-OH is 1. The monoisotopic (exact) mass is 260 g/mol. The van der Waals surface area contributed by atoms with Crippen LogP contribution in [0.4, 0.5) is 0 Å². The van der Waals surface area contributed by atoms with Crippen LogP contribution in [0, 0.1) is 29.6 Å². The van der Waals surface area contributed by atoms with Crippen molar-refractivity contribution in [3.05, 3.63) is 11.6 Å². The van der Waals surface area contributed by atoms with Crippen LogP contribution in [0.3, 0.4) is 0 Å². The minimum atomic E-state index is -0.177. The van der Waals surface area contributed by atoms with E-state index in [1.807, 2.05) is 6.08 Å². The van der Waals surface area contributed by atoms with Crippen molar-refractivity contribution < 1.29 is 9.90 Å². The van der Waals surface area contributed by atoms with E-state index in [4.69, 9.17) is 0 Å². The van der Waals surface area contributed by atoms with Gasteiger partial charge in [-0.1, -0.05) is 18.4 Å². The van der Waals surface area contributed by atoms with E-state index < -0.39 is 0 Å². The molecule has 4 rings (SSSR count). The van der Waals surface area contributed by atoms with Crippen molar-refractivity contribution in [3.8, 4) is 0 Å². The minimum absolute atomic E-state index is 0.177. The van der Waals surface area contributed by atoms with E-state index in [9.17, 15) is 9.90 Å². The summed E-state index contributed by atoms with van der Waals surface area (Å²) in [5.41, 5.74) is 1.28. The second-order valence-electron chi connectivity index (χ2n) is 7.28. The normalized spacial score (nSPS) is 49.1. The van der Waals surface area contributed by atoms with Crippen LogP contribution in [-0.4, -0.2) is 17.0 Å². The molecule has 4 aliphatic rings. The molecule has 6 atom stereocenters. The van der Waals surface area contributed by atoms with E-state index in [2.05, 4.69) is 0 Å². The van der Waals surface area contributed by atoms with Gasteiger partial charge in [-0.15, -0.1) is 0 Å². The third kappa shape index (κ3) is 1.83. The maximum Gasteiger partial charge on any atom is 0.155 e. The van der Waals surface area contributed by atoms with Crippen LogP contribution in [0.2, 0.25) is 0 Å². The molecule has 0 radical (unpaired) electrons. The highest BCUT2D eigenvalue weighted by molar-refractivity contribution is 5.91. The number of rotatable bonds is 0. The predicted octanol–water partition coefficient (Wildman–Crippen LogP) is 3.10. The molecule has 0 saturated heterocycles. The zero-order valence-electron chi connectivity index (χ0n) is 11.6. The third-order valence-corrected chi connectivity index (χ3v) is 6.51. The SMILES string of the molecule is O=C1C=C2CC(O)[C@H]3[C@@H]4CCC[C@H]4CC[C@@H]3[C@H]2CC1. The van der Waals surface area contributed by atoms with Gasteiger partial charge in [-0.2, -0.15) is 0 Å². The van der Waals surface area contributed by atoms with Crippen molar-refractivity contribution in [1.29, 1.82) is 0 Å². The van der Waals surface area contributed by atoms with Gasteiger partial charge in [0, 0.05) is 6.42 Å². The lowest BCUT2D eigenvalue weighted by Crippen LogP contribution is -2.47. The van der Waals surface area contributed by atoms with Crippen LogP contribution in [-0.2, 0) is 4.79 Å². The first-order valence-corrected chi connectivity index (χ1v) is 8.15. The largest absolute Gasteiger partial charge is 0.392 e. The van der Waals surface area contributed by atoms with Crippen molar-refractivity contribution in [3.63, 3.8) is 0 Å². The van der Waals surface area contributed by atoms with Gasteiger partial charge in [0.2, 0.25) is 0 Å². The van der Waals surface area contributed by atoms with Crippen molar-refractivity contribution in [2.45, 2.75) is 57.5 Å². The summed E-state index contributed by atoms with van der Waals surface area (Å²) in [4.78, 5) is 11.6. The zero-order valence-corrected chi connectivity index (χ0v) is 11.6.